The summed E-state index contributed by atoms with van der Waals surface area (Å²) >= 11 is 5.91. The Morgan fingerprint density at radius 2 is 1.78 bits per heavy atom. The summed E-state index contributed by atoms with van der Waals surface area (Å²) in [7, 11) is 4.13. The molecule has 0 radical (unpaired) electrons. The molecule has 0 atom stereocenters. The highest BCUT2D eigenvalue weighted by Crippen LogP contribution is 2.30. The van der Waals surface area contributed by atoms with Gasteiger partial charge in [0.05, 0.1) is 12.1 Å². The van der Waals surface area contributed by atoms with Crippen molar-refractivity contribution in [3.8, 4) is 0 Å². The molecule has 0 spiro atoms. The van der Waals surface area contributed by atoms with Gasteiger partial charge in [0, 0.05) is 37.3 Å². The largest absolute Gasteiger partial charge is 0.362 e. The van der Waals surface area contributed by atoms with Gasteiger partial charge in [-0.25, -0.2) is 4.98 Å². The lowest BCUT2D eigenvalue weighted by molar-refractivity contribution is -0.120. The normalized spacial score (nSPS) is 20.3. The first-order valence-electron chi connectivity index (χ1n) is 11.8. The minimum absolute atomic E-state index is 0.0752. The van der Waals surface area contributed by atoms with E-state index in [-0.39, 0.29) is 5.91 Å². The monoisotopic (exact) mass is 455 g/mol. The molecule has 6 nitrogen and oxygen atoms in total. The van der Waals surface area contributed by atoms with Crippen LogP contribution in [0.3, 0.4) is 0 Å². The molecule has 1 saturated carbocycles. The van der Waals surface area contributed by atoms with Gasteiger partial charge in [-0.2, -0.15) is 4.98 Å². The molecule has 2 aliphatic carbocycles. The lowest BCUT2D eigenvalue weighted by atomic mass is 9.86. The number of aromatic nitrogens is 2. The maximum atomic E-state index is 12.3. The van der Waals surface area contributed by atoms with E-state index >= 15 is 0 Å². The van der Waals surface area contributed by atoms with E-state index < -0.39 is 0 Å². The molecular weight excluding hydrogens is 422 g/mol. The molecule has 1 aromatic heterocycles. The molecule has 2 aromatic rings. The number of nitrogens with one attached hydrogen (secondary N) is 2. The van der Waals surface area contributed by atoms with Crippen LogP contribution in [0.5, 0.6) is 0 Å². The van der Waals surface area contributed by atoms with Crippen LogP contribution in [-0.2, 0) is 24.1 Å². The zero-order valence-electron chi connectivity index (χ0n) is 19.2. The van der Waals surface area contributed by atoms with Crippen LogP contribution in [-0.4, -0.2) is 42.6 Å². The van der Waals surface area contributed by atoms with Crippen molar-refractivity contribution in [3.05, 3.63) is 46.1 Å². The van der Waals surface area contributed by atoms with E-state index in [0.29, 0.717) is 23.4 Å². The molecular formula is C25H34ClN5O. The van der Waals surface area contributed by atoms with Gasteiger partial charge < -0.3 is 15.5 Å². The second-order valence-electron chi connectivity index (χ2n) is 9.37. The van der Waals surface area contributed by atoms with Crippen molar-refractivity contribution in [2.45, 2.75) is 63.8 Å². The highest BCUT2D eigenvalue weighted by molar-refractivity contribution is 6.30. The Balaban J connectivity index is 1.25. The van der Waals surface area contributed by atoms with Crippen molar-refractivity contribution in [1.29, 1.82) is 0 Å². The second kappa shape index (κ2) is 10.5. The van der Waals surface area contributed by atoms with Crippen molar-refractivity contribution < 1.29 is 4.79 Å². The van der Waals surface area contributed by atoms with Crippen LogP contribution in [0.1, 0.15) is 55.3 Å². The number of fused-ring (bicyclic) bond motifs is 1. The third kappa shape index (κ3) is 5.91. The van der Waals surface area contributed by atoms with E-state index in [9.17, 15) is 4.79 Å². The summed E-state index contributed by atoms with van der Waals surface area (Å²) in [6.07, 6.45) is 9.33. The lowest BCUT2D eigenvalue weighted by Crippen LogP contribution is -2.35. The zero-order chi connectivity index (χ0) is 22.5. The molecule has 0 aliphatic heterocycles. The molecule has 4 rings (SSSR count). The van der Waals surface area contributed by atoms with Gasteiger partial charge in [0.1, 0.15) is 5.82 Å². The Morgan fingerprint density at radius 1 is 1.06 bits per heavy atom. The quantitative estimate of drug-likeness (QED) is 0.647. The standard InChI is InChI=1S/C25H34ClN5O/c1-31(2)24-21-5-3-4-6-22(21)29-25(30-24)28-20-13-9-18(10-14-20)16-27-23(32)15-17-7-11-19(26)12-8-17/h7-8,11-12,18,20H,3-6,9-10,13-16H2,1-2H3,(H,27,32)(H,28,29,30)/t18-,20+. The molecule has 32 heavy (non-hydrogen) atoms. The minimum Gasteiger partial charge on any atom is -0.362 e. The molecule has 2 aliphatic rings. The van der Waals surface area contributed by atoms with Gasteiger partial charge in [-0.1, -0.05) is 23.7 Å². The number of carbonyl (C=O) groups is 1. The Morgan fingerprint density at radius 3 is 2.50 bits per heavy atom. The summed E-state index contributed by atoms with van der Waals surface area (Å²) in [4.78, 5) is 24.1. The van der Waals surface area contributed by atoms with Gasteiger partial charge >= 0.3 is 0 Å². The third-order valence-corrected chi connectivity index (χ3v) is 6.88. The first kappa shape index (κ1) is 22.8. The van der Waals surface area contributed by atoms with Gasteiger partial charge in [-0.3, -0.25) is 4.79 Å². The van der Waals surface area contributed by atoms with Gasteiger partial charge in [-0.15, -0.1) is 0 Å². The van der Waals surface area contributed by atoms with Crippen LogP contribution in [0.25, 0.3) is 0 Å². The first-order valence-corrected chi connectivity index (χ1v) is 12.2. The Hall–Kier alpha value is -2.34. The molecule has 0 saturated heterocycles. The zero-order valence-corrected chi connectivity index (χ0v) is 19.9. The van der Waals surface area contributed by atoms with Crippen molar-refractivity contribution >= 4 is 29.3 Å². The van der Waals surface area contributed by atoms with Crippen LogP contribution >= 0.6 is 11.6 Å². The molecule has 0 unspecified atom stereocenters. The number of nitrogens with zero attached hydrogens (tertiary/aromatic N) is 3. The maximum Gasteiger partial charge on any atom is 0.225 e. The van der Waals surface area contributed by atoms with Crippen LogP contribution < -0.4 is 15.5 Å². The summed E-state index contributed by atoms with van der Waals surface area (Å²) in [5.74, 6) is 2.44. The fraction of sp³-hybridized carbons (Fsp3) is 0.560. The second-order valence-corrected chi connectivity index (χ2v) is 9.80. The van der Waals surface area contributed by atoms with Crippen molar-refractivity contribution in [2.75, 3.05) is 30.9 Å². The Labute approximate surface area is 196 Å². The van der Waals surface area contributed by atoms with Gasteiger partial charge in [0.15, 0.2) is 0 Å². The van der Waals surface area contributed by atoms with Gasteiger partial charge in [0.2, 0.25) is 11.9 Å². The van der Waals surface area contributed by atoms with E-state index in [1.807, 2.05) is 24.3 Å². The third-order valence-electron chi connectivity index (χ3n) is 6.63. The number of rotatable bonds is 7. The van der Waals surface area contributed by atoms with Crippen molar-refractivity contribution in [3.63, 3.8) is 0 Å². The van der Waals surface area contributed by atoms with E-state index in [2.05, 4.69) is 29.6 Å². The SMILES string of the molecule is CN(C)c1nc(N[C@H]2CC[C@@H](CNC(=O)Cc3ccc(Cl)cc3)CC2)nc2c1CCCC2. The van der Waals surface area contributed by atoms with E-state index in [1.165, 1.54) is 24.1 Å². The maximum absolute atomic E-state index is 12.3. The average Bonchev–Trinajstić information content (AvgIpc) is 2.79. The molecule has 2 N–H and O–H groups in total. The molecule has 172 valence electrons. The first-order chi connectivity index (χ1) is 15.5. The molecule has 1 aromatic carbocycles. The summed E-state index contributed by atoms with van der Waals surface area (Å²) in [5.41, 5.74) is 3.53. The van der Waals surface area contributed by atoms with Crippen LogP contribution in [0.15, 0.2) is 24.3 Å². The lowest BCUT2D eigenvalue weighted by Gasteiger charge is -2.30. The molecule has 0 bridgehead atoms. The van der Waals surface area contributed by atoms with E-state index in [1.54, 1.807) is 0 Å². The fourth-order valence-corrected chi connectivity index (χ4v) is 4.94. The smallest absolute Gasteiger partial charge is 0.225 e. The van der Waals surface area contributed by atoms with Crippen molar-refractivity contribution in [1.82, 2.24) is 15.3 Å². The number of hydrogen-bond donors (Lipinski definition) is 2. The van der Waals surface area contributed by atoms with Crippen molar-refractivity contribution in [2.24, 2.45) is 5.92 Å². The predicted molar refractivity (Wildman–Crippen MR) is 131 cm³/mol. The highest BCUT2D eigenvalue weighted by Gasteiger charge is 2.24. The Kier molecular flexibility index (Phi) is 7.51. The average molecular weight is 456 g/mol. The van der Waals surface area contributed by atoms with E-state index in [0.717, 1.165) is 62.4 Å². The Bertz CT molecular complexity index is 923. The molecule has 1 amide bonds. The summed E-state index contributed by atoms with van der Waals surface area (Å²) < 4.78 is 0. The van der Waals surface area contributed by atoms with Crippen LogP contribution in [0.4, 0.5) is 11.8 Å². The number of amides is 1. The molecule has 1 heterocycles. The number of aryl methyl sites for hydroxylation is 1. The molecule has 7 heteroatoms. The minimum atomic E-state index is 0.0752. The number of carbonyl (C=O) groups excluding carboxylic acids is 1. The fourth-order valence-electron chi connectivity index (χ4n) is 4.81. The predicted octanol–water partition coefficient (Wildman–Crippen LogP) is 4.40. The van der Waals surface area contributed by atoms with Gasteiger partial charge in [0.25, 0.3) is 0 Å². The number of anilines is 2. The van der Waals surface area contributed by atoms with E-state index in [4.69, 9.17) is 21.6 Å². The summed E-state index contributed by atoms with van der Waals surface area (Å²) in [6.45, 7) is 0.749. The number of hydrogen-bond acceptors (Lipinski definition) is 5. The summed E-state index contributed by atoms with van der Waals surface area (Å²) in [5, 5.41) is 7.41. The number of benzene rings is 1. The summed E-state index contributed by atoms with van der Waals surface area (Å²) in [6, 6.07) is 7.86. The van der Waals surface area contributed by atoms with Crippen LogP contribution in [0, 0.1) is 5.92 Å². The van der Waals surface area contributed by atoms with Gasteiger partial charge in [-0.05, 0) is 75.0 Å². The topological polar surface area (TPSA) is 70.2 Å². The highest BCUT2D eigenvalue weighted by atomic mass is 35.5. The van der Waals surface area contributed by atoms with Crippen LogP contribution in [0.2, 0.25) is 5.02 Å². The molecule has 1 fully saturated rings. The number of halogens is 1.